The molecule has 0 saturated heterocycles. The van der Waals surface area contributed by atoms with E-state index < -0.39 is 0 Å². The van der Waals surface area contributed by atoms with Crippen molar-refractivity contribution in [2.45, 2.75) is 53.2 Å². The fraction of sp³-hybridized carbons (Fsp3) is 0.600. The lowest BCUT2D eigenvalue weighted by molar-refractivity contribution is 0.0981. The number of aliphatic hydroxyl groups excluding tert-OH is 1. The summed E-state index contributed by atoms with van der Waals surface area (Å²) in [5.41, 5.74) is 3.76. The van der Waals surface area contributed by atoms with E-state index in [-0.39, 0.29) is 11.5 Å². The van der Waals surface area contributed by atoms with Gasteiger partial charge in [0.05, 0.1) is 12.6 Å². The van der Waals surface area contributed by atoms with Crippen molar-refractivity contribution in [1.82, 2.24) is 4.57 Å². The first kappa shape index (κ1) is 12.3. The normalized spacial score (nSPS) is 21.6. The quantitative estimate of drug-likeness (QED) is 0.739. The Morgan fingerprint density at radius 2 is 2.24 bits per heavy atom. The van der Waals surface area contributed by atoms with Crippen LogP contribution in [0.15, 0.2) is 6.07 Å². The molecule has 1 atom stereocenters. The standard InChI is InChI=1S/C15H21NO/c1-5-6-7-16-11(2)8-12-13(16)9-15(3,4)10-14(12)17/h8,14,17H,7,9-10H2,1-4H3. The summed E-state index contributed by atoms with van der Waals surface area (Å²) >= 11 is 0. The molecule has 1 aliphatic carbocycles. The minimum atomic E-state index is -0.316. The van der Waals surface area contributed by atoms with E-state index >= 15 is 0 Å². The summed E-state index contributed by atoms with van der Waals surface area (Å²) in [6.45, 7) is 9.13. The summed E-state index contributed by atoms with van der Waals surface area (Å²) in [6.07, 6.45) is 1.56. The van der Waals surface area contributed by atoms with E-state index in [4.69, 9.17) is 0 Å². The summed E-state index contributed by atoms with van der Waals surface area (Å²) in [7, 11) is 0. The second-order valence-electron chi connectivity index (χ2n) is 5.76. The van der Waals surface area contributed by atoms with Gasteiger partial charge in [-0.15, -0.1) is 5.92 Å². The highest BCUT2D eigenvalue weighted by Gasteiger charge is 2.33. The molecule has 0 aromatic carbocycles. The molecule has 92 valence electrons. The third-order valence-corrected chi connectivity index (χ3v) is 3.61. The summed E-state index contributed by atoms with van der Waals surface area (Å²) in [4.78, 5) is 0. The first-order chi connectivity index (χ1) is 7.94. The van der Waals surface area contributed by atoms with Crippen molar-refractivity contribution in [2.24, 2.45) is 5.41 Å². The van der Waals surface area contributed by atoms with Crippen LogP contribution in [0, 0.1) is 24.2 Å². The molecule has 2 rings (SSSR count). The Kier molecular flexibility index (Phi) is 3.05. The second kappa shape index (κ2) is 4.23. The number of aliphatic hydroxyl groups is 1. The highest BCUT2D eigenvalue weighted by atomic mass is 16.3. The molecule has 0 radical (unpaired) electrons. The molecule has 1 aromatic rings. The van der Waals surface area contributed by atoms with Gasteiger partial charge in [0.15, 0.2) is 0 Å². The van der Waals surface area contributed by atoms with Crippen molar-refractivity contribution >= 4 is 0 Å². The van der Waals surface area contributed by atoms with Gasteiger partial charge < -0.3 is 9.67 Å². The van der Waals surface area contributed by atoms with Gasteiger partial charge in [-0.1, -0.05) is 19.8 Å². The Hall–Kier alpha value is -1.20. The van der Waals surface area contributed by atoms with Gasteiger partial charge in [-0.25, -0.2) is 0 Å². The lowest BCUT2D eigenvalue weighted by atomic mass is 9.75. The molecule has 1 N–H and O–H groups in total. The van der Waals surface area contributed by atoms with Crippen molar-refractivity contribution in [3.8, 4) is 11.8 Å². The van der Waals surface area contributed by atoms with Crippen molar-refractivity contribution < 1.29 is 5.11 Å². The Morgan fingerprint density at radius 3 is 2.88 bits per heavy atom. The second-order valence-corrected chi connectivity index (χ2v) is 5.76. The van der Waals surface area contributed by atoms with E-state index in [2.05, 4.69) is 43.2 Å². The summed E-state index contributed by atoms with van der Waals surface area (Å²) in [5, 5.41) is 10.2. The molecular weight excluding hydrogens is 210 g/mol. The van der Waals surface area contributed by atoms with Crippen LogP contribution in [0.1, 0.15) is 50.2 Å². The number of aromatic nitrogens is 1. The van der Waals surface area contributed by atoms with Crippen LogP contribution in [0.25, 0.3) is 0 Å². The van der Waals surface area contributed by atoms with Crippen LogP contribution < -0.4 is 0 Å². The van der Waals surface area contributed by atoms with Crippen LogP contribution in [0.3, 0.4) is 0 Å². The average Bonchev–Trinajstić information content (AvgIpc) is 2.51. The molecule has 0 bridgehead atoms. The highest BCUT2D eigenvalue weighted by Crippen LogP contribution is 2.41. The number of hydrogen-bond donors (Lipinski definition) is 1. The molecule has 0 spiro atoms. The lowest BCUT2D eigenvalue weighted by Crippen LogP contribution is -2.26. The molecule has 2 heteroatoms. The summed E-state index contributed by atoms with van der Waals surface area (Å²) in [5.74, 6) is 6.05. The zero-order chi connectivity index (χ0) is 12.6. The van der Waals surface area contributed by atoms with E-state index in [1.807, 2.05) is 6.92 Å². The molecule has 1 aromatic heterocycles. The fourth-order valence-corrected chi connectivity index (χ4v) is 2.78. The maximum absolute atomic E-state index is 10.2. The minimum Gasteiger partial charge on any atom is -0.388 e. The van der Waals surface area contributed by atoms with Crippen LogP contribution >= 0.6 is 0 Å². The zero-order valence-electron chi connectivity index (χ0n) is 11.2. The Labute approximate surface area is 104 Å². The van der Waals surface area contributed by atoms with Gasteiger partial charge in [0.1, 0.15) is 0 Å². The van der Waals surface area contributed by atoms with Crippen LogP contribution in [-0.4, -0.2) is 9.67 Å². The van der Waals surface area contributed by atoms with Crippen molar-refractivity contribution in [3.63, 3.8) is 0 Å². The fourth-order valence-electron chi connectivity index (χ4n) is 2.78. The summed E-state index contributed by atoms with van der Waals surface area (Å²) in [6, 6.07) is 2.12. The number of aryl methyl sites for hydroxylation is 1. The number of rotatable bonds is 1. The van der Waals surface area contributed by atoms with Crippen LogP contribution in [0.5, 0.6) is 0 Å². The maximum Gasteiger partial charge on any atom is 0.0836 e. The first-order valence-corrected chi connectivity index (χ1v) is 6.21. The molecule has 0 amide bonds. The number of fused-ring (bicyclic) bond motifs is 1. The number of nitrogens with zero attached hydrogens (tertiary/aromatic N) is 1. The van der Waals surface area contributed by atoms with Gasteiger partial charge >= 0.3 is 0 Å². The molecule has 17 heavy (non-hydrogen) atoms. The van der Waals surface area contributed by atoms with Crippen molar-refractivity contribution in [3.05, 3.63) is 23.0 Å². The third-order valence-electron chi connectivity index (χ3n) is 3.61. The predicted octanol–water partition coefficient (Wildman–Crippen LogP) is 2.83. The molecule has 0 fully saturated rings. The first-order valence-electron chi connectivity index (χ1n) is 6.21. The monoisotopic (exact) mass is 231 g/mol. The Morgan fingerprint density at radius 1 is 1.53 bits per heavy atom. The van der Waals surface area contributed by atoms with Gasteiger partial charge in [0.2, 0.25) is 0 Å². The Balaban J connectivity index is 2.45. The zero-order valence-corrected chi connectivity index (χ0v) is 11.2. The van der Waals surface area contributed by atoms with E-state index in [0.717, 1.165) is 24.9 Å². The Bertz CT molecular complexity index is 485. The maximum atomic E-state index is 10.2. The van der Waals surface area contributed by atoms with Crippen LogP contribution in [0.2, 0.25) is 0 Å². The molecule has 1 aliphatic rings. The average molecular weight is 231 g/mol. The highest BCUT2D eigenvalue weighted by molar-refractivity contribution is 5.33. The van der Waals surface area contributed by atoms with Gasteiger partial charge in [0.25, 0.3) is 0 Å². The van der Waals surface area contributed by atoms with E-state index in [0.29, 0.717) is 0 Å². The SMILES string of the molecule is CC#CCn1c(C)cc2c1CC(C)(C)CC2O. The van der Waals surface area contributed by atoms with Crippen LogP contribution in [0.4, 0.5) is 0 Å². The van der Waals surface area contributed by atoms with E-state index in [1.165, 1.54) is 11.4 Å². The number of hydrogen-bond acceptors (Lipinski definition) is 1. The minimum absolute atomic E-state index is 0.175. The van der Waals surface area contributed by atoms with Gasteiger partial charge in [-0.05, 0) is 38.2 Å². The van der Waals surface area contributed by atoms with Gasteiger partial charge in [-0.2, -0.15) is 0 Å². The van der Waals surface area contributed by atoms with Crippen molar-refractivity contribution in [1.29, 1.82) is 0 Å². The molecule has 1 heterocycles. The van der Waals surface area contributed by atoms with Gasteiger partial charge in [0, 0.05) is 17.0 Å². The molecule has 2 nitrogen and oxygen atoms in total. The summed E-state index contributed by atoms with van der Waals surface area (Å²) < 4.78 is 2.25. The third kappa shape index (κ3) is 2.25. The lowest BCUT2D eigenvalue weighted by Gasteiger charge is -2.33. The molecule has 1 unspecified atom stereocenters. The smallest absolute Gasteiger partial charge is 0.0836 e. The largest absolute Gasteiger partial charge is 0.388 e. The van der Waals surface area contributed by atoms with E-state index in [9.17, 15) is 5.11 Å². The van der Waals surface area contributed by atoms with Crippen molar-refractivity contribution in [2.75, 3.05) is 0 Å². The molecular formula is C15H21NO. The van der Waals surface area contributed by atoms with Gasteiger partial charge in [-0.3, -0.25) is 0 Å². The molecule has 0 saturated carbocycles. The molecule has 0 aliphatic heterocycles. The predicted molar refractivity (Wildman–Crippen MR) is 69.7 cm³/mol. The topological polar surface area (TPSA) is 25.2 Å². The van der Waals surface area contributed by atoms with E-state index in [1.54, 1.807) is 0 Å². The van der Waals surface area contributed by atoms with Crippen LogP contribution in [-0.2, 0) is 13.0 Å².